The normalized spacial score (nSPS) is 18.7. The number of ether oxygens (including phenoxy) is 1. The second-order valence-electron chi connectivity index (χ2n) is 7.30. The lowest BCUT2D eigenvalue weighted by molar-refractivity contribution is 0.0199. The molecule has 0 radical (unpaired) electrons. The highest BCUT2D eigenvalue weighted by atomic mass is 32.1. The Morgan fingerprint density at radius 1 is 1.38 bits per heavy atom. The second kappa shape index (κ2) is 6.59. The van der Waals surface area contributed by atoms with Crippen LogP contribution in [0.15, 0.2) is 24.3 Å². The molecule has 3 rings (SSSR count). The Morgan fingerprint density at radius 3 is 2.83 bits per heavy atom. The summed E-state index contributed by atoms with van der Waals surface area (Å²) in [6.07, 6.45) is 1.83. The molecule has 1 aliphatic rings. The number of benzene rings is 1. The van der Waals surface area contributed by atoms with E-state index in [2.05, 4.69) is 18.0 Å². The molecule has 1 amide bonds. The molecule has 0 unspecified atom stereocenters. The van der Waals surface area contributed by atoms with Gasteiger partial charge < -0.3 is 14.5 Å². The Balaban J connectivity index is 1.70. The highest BCUT2D eigenvalue weighted by molar-refractivity contribution is 7.22. The molecule has 1 aromatic heterocycles. The van der Waals surface area contributed by atoms with Crippen molar-refractivity contribution in [2.24, 2.45) is 0 Å². The molecule has 1 aromatic carbocycles. The van der Waals surface area contributed by atoms with Crippen molar-refractivity contribution >= 4 is 32.8 Å². The number of likely N-dealkylation sites (N-methyl/N-ethyl adjacent to an activating group) is 1. The summed E-state index contributed by atoms with van der Waals surface area (Å²) in [6.45, 7) is 7.15. The van der Waals surface area contributed by atoms with Gasteiger partial charge in [0.25, 0.3) is 0 Å². The van der Waals surface area contributed by atoms with E-state index in [9.17, 15) is 4.79 Å². The van der Waals surface area contributed by atoms with Crippen LogP contribution in [0.5, 0.6) is 0 Å². The molecule has 0 bridgehead atoms. The third-order valence-corrected chi connectivity index (χ3v) is 5.31. The minimum absolute atomic E-state index is 0.218. The number of anilines is 1. The van der Waals surface area contributed by atoms with Crippen LogP contribution in [0.25, 0.3) is 10.2 Å². The highest BCUT2D eigenvalue weighted by Gasteiger charge is 2.30. The first-order valence-corrected chi connectivity index (χ1v) is 9.21. The van der Waals surface area contributed by atoms with Gasteiger partial charge in [-0.05, 0) is 45.7 Å². The third-order valence-electron chi connectivity index (χ3n) is 4.18. The van der Waals surface area contributed by atoms with Crippen molar-refractivity contribution in [2.75, 3.05) is 25.0 Å². The van der Waals surface area contributed by atoms with Gasteiger partial charge >= 0.3 is 6.09 Å². The number of fused-ring (bicyclic) bond motifs is 1. The van der Waals surface area contributed by atoms with Crippen molar-refractivity contribution in [2.45, 2.75) is 45.3 Å². The molecule has 2 heterocycles. The van der Waals surface area contributed by atoms with Crippen LogP contribution in [0, 0.1) is 0 Å². The molecule has 0 saturated carbocycles. The van der Waals surface area contributed by atoms with E-state index in [1.54, 1.807) is 11.3 Å². The highest BCUT2D eigenvalue weighted by Crippen LogP contribution is 2.30. The molecule has 0 N–H and O–H groups in total. The van der Waals surface area contributed by atoms with E-state index >= 15 is 0 Å². The molecule has 1 atom stereocenters. The first-order chi connectivity index (χ1) is 11.3. The molecule has 1 saturated heterocycles. The maximum absolute atomic E-state index is 12.3. The van der Waals surface area contributed by atoms with Crippen molar-refractivity contribution < 1.29 is 9.53 Å². The van der Waals surface area contributed by atoms with Crippen molar-refractivity contribution in [3.05, 3.63) is 24.3 Å². The van der Waals surface area contributed by atoms with Gasteiger partial charge in [-0.2, -0.15) is 0 Å². The van der Waals surface area contributed by atoms with Crippen LogP contribution in [0.2, 0.25) is 0 Å². The van der Waals surface area contributed by atoms with Crippen molar-refractivity contribution in [1.29, 1.82) is 0 Å². The third kappa shape index (κ3) is 3.80. The molecule has 5 nitrogen and oxygen atoms in total. The summed E-state index contributed by atoms with van der Waals surface area (Å²) in [5.74, 6) is 0. The lowest BCUT2D eigenvalue weighted by Gasteiger charge is -2.38. The average molecular weight is 347 g/mol. The predicted molar refractivity (Wildman–Crippen MR) is 98.9 cm³/mol. The van der Waals surface area contributed by atoms with Crippen LogP contribution >= 0.6 is 11.3 Å². The molecule has 130 valence electrons. The van der Waals surface area contributed by atoms with Crippen molar-refractivity contribution in [3.8, 4) is 0 Å². The fourth-order valence-corrected chi connectivity index (χ4v) is 3.93. The lowest BCUT2D eigenvalue weighted by atomic mass is 10.1. The minimum atomic E-state index is -0.455. The maximum atomic E-state index is 12.3. The Kier molecular flexibility index (Phi) is 4.67. The van der Waals surface area contributed by atoms with Crippen molar-refractivity contribution in [1.82, 2.24) is 9.88 Å². The zero-order valence-electron chi connectivity index (χ0n) is 14.8. The largest absolute Gasteiger partial charge is 0.444 e. The van der Waals surface area contributed by atoms with Crippen LogP contribution < -0.4 is 4.90 Å². The topological polar surface area (TPSA) is 45.7 Å². The number of amides is 1. The fraction of sp³-hybridized carbons (Fsp3) is 0.556. The summed E-state index contributed by atoms with van der Waals surface area (Å²) in [4.78, 5) is 21.1. The molecular weight excluding hydrogens is 322 g/mol. The average Bonchev–Trinajstić information content (AvgIpc) is 2.96. The predicted octanol–water partition coefficient (Wildman–Crippen LogP) is 4.13. The van der Waals surface area contributed by atoms with E-state index in [-0.39, 0.29) is 12.1 Å². The molecule has 0 aliphatic carbocycles. The summed E-state index contributed by atoms with van der Waals surface area (Å²) in [7, 11) is 2.07. The molecule has 24 heavy (non-hydrogen) atoms. The summed E-state index contributed by atoms with van der Waals surface area (Å²) < 4.78 is 6.71. The fourth-order valence-electron chi connectivity index (χ4n) is 2.93. The molecule has 1 aliphatic heterocycles. The zero-order chi connectivity index (χ0) is 17.3. The number of thiazole rings is 1. The number of aromatic nitrogens is 1. The van der Waals surface area contributed by atoms with Gasteiger partial charge in [-0.3, -0.25) is 0 Å². The standard InChI is InChI=1S/C18H25N3O2S/c1-18(2,3)23-17(22)21-11-7-8-13(12-21)20(4)16-19-14-9-5-6-10-15(14)24-16/h5-6,9-10,13H,7-8,11-12H2,1-4H3/t13-/m1/s1. The van der Waals surface area contributed by atoms with Crippen LogP contribution in [-0.2, 0) is 4.74 Å². The maximum Gasteiger partial charge on any atom is 0.410 e. The molecule has 6 heteroatoms. The lowest BCUT2D eigenvalue weighted by Crippen LogP contribution is -2.50. The Hall–Kier alpha value is -1.82. The van der Waals surface area contributed by atoms with Gasteiger partial charge in [0.15, 0.2) is 5.13 Å². The zero-order valence-corrected chi connectivity index (χ0v) is 15.6. The molecule has 2 aromatic rings. The Bertz CT molecular complexity index is 689. The number of piperidine rings is 1. The molecule has 0 spiro atoms. The van der Waals surface area contributed by atoms with Crippen LogP contribution in [0.1, 0.15) is 33.6 Å². The van der Waals surface area contributed by atoms with Gasteiger partial charge in [0.1, 0.15) is 5.60 Å². The minimum Gasteiger partial charge on any atom is -0.444 e. The first kappa shape index (κ1) is 17.0. The smallest absolute Gasteiger partial charge is 0.410 e. The molecular formula is C18H25N3O2S. The SMILES string of the molecule is CN(c1nc2ccccc2s1)[C@@H]1CCCN(C(=O)OC(C)(C)C)C1. The van der Waals surface area contributed by atoms with Gasteiger partial charge in [-0.25, -0.2) is 9.78 Å². The van der Waals surface area contributed by atoms with Gasteiger partial charge in [0, 0.05) is 26.2 Å². The van der Waals surface area contributed by atoms with Gasteiger partial charge in [0.05, 0.1) is 10.2 Å². The summed E-state index contributed by atoms with van der Waals surface area (Å²) >= 11 is 1.70. The summed E-state index contributed by atoms with van der Waals surface area (Å²) in [5, 5.41) is 1.01. The quantitative estimate of drug-likeness (QED) is 0.819. The number of nitrogens with zero attached hydrogens (tertiary/aromatic N) is 3. The van der Waals surface area contributed by atoms with Crippen LogP contribution in [0.4, 0.5) is 9.93 Å². The van der Waals surface area contributed by atoms with E-state index in [4.69, 9.17) is 9.72 Å². The summed E-state index contributed by atoms with van der Waals surface area (Å²) in [6, 6.07) is 8.45. The number of likely N-dealkylation sites (tertiary alicyclic amines) is 1. The van der Waals surface area contributed by atoms with E-state index < -0.39 is 5.60 Å². The monoisotopic (exact) mass is 347 g/mol. The van der Waals surface area contributed by atoms with Crippen LogP contribution in [0.3, 0.4) is 0 Å². The van der Waals surface area contributed by atoms with Gasteiger partial charge in [-0.1, -0.05) is 23.5 Å². The molecule has 1 fully saturated rings. The summed E-state index contributed by atoms with van der Waals surface area (Å²) in [5.41, 5.74) is 0.576. The number of hydrogen-bond donors (Lipinski definition) is 0. The van der Waals surface area contributed by atoms with E-state index in [1.807, 2.05) is 43.9 Å². The number of carbonyl (C=O) groups excluding carboxylic acids is 1. The van der Waals surface area contributed by atoms with E-state index in [1.165, 1.54) is 4.70 Å². The first-order valence-electron chi connectivity index (χ1n) is 8.40. The number of hydrogen-bond acceptors (Lipinski definition) is 5. The van der Waals surface area contributed by atoms with E-state index in [0.29, 0.717) is 6.54 Å². The number of para-hydroxylation sites is 1. The van der Waals surface area contributed by atoms with Gasteiger partial charge in [0.2, 0.25) is 0 Å². The van der Waals surface area contributed by atoms with E-state index in [0.717, 1.165) is 30.0 Å². The van der Waals surface area contributed by atoms with Gasteiger partial charge in [-0.15, -0.1) is 0 Å². The van der Waals surface area contributed by atoms with Crippen molar-refractivity contribution in [3.63, 3.8) is 0 Å². The number of rotatable bonds is 2. The van der Waals surface area contributed by atoms with Crippen LogP contribution in [-0.4, -0.2) is 47.8 Å². The number of carbonyl (C=O) groups is 1. The second-order valence-corrected chi connectivity index (χ2v) is 8.31. The Morgan fingerprint density at radius 2 is 2.12 bits per heavy atom. The Labute approximate surface area is 147 Å².